The lowest BCUT2D eigenvalue weighted by Gasteiger charge is -2.34. The fraction of sp³-hybridized carbons (Fsp3) is 0.647. The molecule has 0 radical (unpaired) electrons. The molecule has 2 rings (SSSR count). The van der Waals surface area contributed by atoms with Crippen LogP contribution < -0.4 is 5.32 Å². The molecule has 1 amide bonds. The average molecular weight is 289 g/mol. The third kappa shape index (κ3) is 4.27. The van der Waals surface area contributed by atoms with Gasteiger partial charge in [0.15, 0.2) is 0 Å². The Morgan fingerprint density at radius 3 is 2.81 bits per heavy atom. The van der Waals surface area contributed by atoms with Crippen molar-refractivity contribution in [3.8, 4) is 0 Å². The van der Waals surface area contributed by atoms with Crippen molar-refractivity contribution in [2.45, 2.75) is 58.5 Å². The number of rotatable bonds is 5. The van der Waals surface area contributed by atoms with E-state index in [0.29, 0.717) is 18.4 Å². The van der Waals surface area contributed by atoms with Crippen molar-refractivity contribution in [1.82, 2.24) is 15.2 Å². The number of aryl methyl sites for hydroxylation is 1. The molecule has 2 heterocycles. The van der Waals surface area contributed by atoms with Crippen molar-refractivity contribution in [3.63, 3.8) is 0 Å². The number of carbonyl (C=O) groups is 1. The summed E-state index contributed by atoms with van der Waals surface area (Å²) < 4.78 is 0. The van der Waals surface area contributed by atoms with E-state index < -0.39 is 0 Å². The summed E-state index contributed by atoms with van der Waals surface area (Å²) in [5, 5.41) is 3.67. The molecule has 1 aromatic rings. The molecule has 1 atom stereocenters. The molecule has 0 aliphatic carbocycles. The molecule has 1 N–H and O–H groups in total. The first-order valence-electron chi connectivity index (χ1n) is 8.07. The van der Waals surface area contributed by atoms with E-state index in [-0.39, 0.29) is 6.04 Å². The molecule has 0 bridgehead atoms. The van der Waals surface area contributed by atoms with Gasteiger partial charge in [-0.15, -0.1) is 0 Å². The van der Waals surface area contributed by atoms with Crippen LogP contribution in [0.25, 0.3) is 0 Å². The minimum Gasteiger partial charge on any atom is -0.343 e. The highest BCUT2D eigenvalue weighted by Gasteiger charge is 2.23. The molecule has 21 heavy (non-hydrogen) atoms. The minimum absolute atomic E-state index is 0.258. The van der Waals surface area contributed by atoms with Gasteiger partial charge in [-0.05, 0) is 44.7 Å². The Hall–Kier alpha value is -1.42. The molecule has 1 aromatic heterocycles. The Labute approximate surface area is 127 Å². The molecule has 0 saturated carbocycles. The molecule has 4 heteroatoms. The van der Waals surface area contributed by atoms with Gasteiger partial charge in [0.2, 0.25) is 5.91 Å². The third-order valence-corrected chi connectivity index (χ3v) is 4.26. The monoisotopic (exact) mass is 289 g/mol. The Balaban J connectivity index is 1.83. The van der Waals surface area contributed by atoms with Gasteiger partial charge >= 0.3 is 0 Å². The molecule has 0 aromatic carbocycles. The highest BCUT2D eigenvalue weighted by Crippen LogP contribution is 2.18. The van der Waals surface area contributed by atoms with E-state index in [0.717, 1.165) is 38.0 Å². The summed E-state index contributed by atoms with van der Waals surface area (Å²) in [7, 11) is 0. The molecule has 0 unspecified atom stereocenters. The standard InChI is InChI=1S/C17H27N3O/c1-4-6-16(21)20-11-8-15(9-12-20)19-14(3)17-13(2)7-5-10-18-17/h5,7,10,14-15,19H,4,6,8-9,11-12H2,1-3H3/t14-/m0/s1. The number of hydrogen-bond donors (Lipinski definition) is 1. The summed E-state index contributed by atoms with van der Waals surface area (Å²) in [4.78, 5) is 18.4. The molecule has 0 spiro atoms. The molecular formula is C17H27N3O. The van der Waals surface area contributed by atoms with E-state index >= 15 is 0 Å². The first kappa shape index (κ1) is 16.0. The van der Waals surface area contributed by atoms with Crippen molar-refractivity contribution < 1.29 is 4.79 Å². The molecule has 1 saturated heterocycles. The van der Waals surface area contributed by atoms with Crippen LogP contribution >= 0.6 is 0 Å². The number of hydrogen-bond acceptors (Lipinski definition) is 3. The van der Waals surface area contributed by atoms with Crippen LogP contribution in [0.15, 0.2) is 18.3 Å². The van der Waals surface area contributed by atoms with Crippen LogP contribution in [0.3, 0.4) is 0 Å². The number of nitrogens with one attached hydrogen (secondary N) is 1. The second kappa shape index (κ2) is 7.55. The third-order valence-electron chi connectivity index (χ3n) is 4.26. The van der Waals surface area contributed by atoms with Gasteiger partial charge in [-0.2, -0.15) is 0 Å². The van der Waals surface area contributed by atoms with Gasteiger partial charge in [0.05, 0.1) is 5.69 Å². The fourth-order valence-corrected chi connectivity index (χ4v) is 3.05. The summed E-state index contributed by atoms with van der Waals surface area (Å²) in [5.41, 5.74) is 2.36. The first-order chi connectivity index (χ1) is 10.1. The van der Waals surface area contributed by atoms with Crippen LogP contribution in [0.5, 0.6) is 0 Å². The predicted octanol–water partition coefficient (Wildman–Crippen LogP) is 2.83. The first-order valence-corrected chi connectivity index (χ1v) is 8.07. The van der Waals surface area contributed by atoms with Crippen LogP contribution in [-0.4, -0.2) is 34.9 Å². The second-order valence-corrected chi connectivity index (χ2v) is 6.00. The summed E-state index contributed by atoms with van der Waals surface area (Å²) in [5.74, 6) is 0.310. The van der Waals surface area contributed by atoms with Gasteiger partial charge in [0, 0.05) is 37.8 Å². The van der Waals surface area contributed by atoms with Gasteiger partial charge in [0.1, 0.15) is 0 Å². The van der Waals surface area contributed by atoms with Crippen molar-refractivity contribution in [2.24, 2.45) is 0 Å². The topological polar surface area (TPSA) is 45.2 Å². The molecule has 1 aliphatic heterocycles. The molecule has 1 fully saturated rings. The summed E-state index contributed by atoms with van der Waals surface area (Å²) in [6, 6.07) is 4.82. The summed E-state index contributed by atoms with van der Waals surface area (Å²) in [6.07, 6.45) is 5.54. The van der Waals surface area contributed by atoms with Crippen LogP contribution in [-0.2, 0) is 4.79 Å². The largest absolute Gasteiger partial charge is 0.343 e. The maximum Gasteiger partial charge on any atom is 0.222 e. The van der Waals surface area contributed by atoms with E-state index in [9.17, 15) is 4.79 Å². The van der Waals surface area contributed by atoms with E-state index in [1.54, 1.807) is 0 Å². The van der Waals surface area contributed by atoms with Gasteiger partial charge < -0.3 is 10.2 Å². The Bertz CT molecular complexity index is 467. The van der Waals surface area contributed by atoms with Crippen LogP contribution in [0.2, 0.25) is 0 Å². The number of nitrogens with zero attached hydrogens (tertiary/aromatic N) is 2. The quantitative estimate of drug-likeness (QED) is 0.906. The number of carbonyl (C=O) groups excluding carboxylic acids is 1. The molecule has 116 valence electrons. The maximum absolute atomic E-state index is 11.9. The SMILES string of the molecule is CCCC(=O)N1CCC(N[C@@H](C)c2ncccc2C)CC1. The molecular weight excluding hydrogens is 262 g/mol. The zero-order valence-corrected chi connectivity index (χ0v) is 13.4. The Morgan fingerprint density at radius 2 is 2.19 bits per heavy atom. The molecule has 1 aliphatic rings. The molecule has 4 nitrogen and oxygen atoms in total. The summed E-state index contributed by atoms with van der Waals surface area (Å²) >= 11 is 0. The van der Waals surface area contributed by atoms with E-state index in [1.807, 2.05) is 17.2 Å². The zero-order valence-electron chi connectivity index (χ0n) is 13.4. The highest BCUT2D eigenvalue weighted by atomic mass is 16.2. The van der Waals surface area contributed by atoms with Crippen molar-refractivity contribution in [3.05, 3.63) is 29.6 Å². The number of piperidine rings is 1. The number of aromatic nitrogens is 1. The second-order valence-electron chi connectivity index (χ2n) is 6.00. The number of likely N-dealkylation sites (tertiary alicyclic amines) is 1. The van der Waals surface area contributed by atoms with Crippen LogP contribution in [0.1, 0.15) is 56.8 Å². The lowest BCUT2D eigenvalue weighted by atomic mass is 10.0. The van der Waals surface area contributed by atoms with Crippen molar-refractivity contribution >= 4 is 5.91 Å². The Morgan fingerprint density at radius 1 is 1.48 bits per heavy atom. The smallest absolute Gasteiger partial charge is 0.222 e. The lowest BCUT2D eigenvalue weighted by Crippen LogP contribution is -2.45. The lowest BCUT2D eigenvalue weighted by molar-refractivity contribution is -0.132. The van der Waals surface area contributed by atoms with Gasteiger partial charge in [0.25, 0.3) is 0 Å². The van der Waals surface area contributed by atoms with E-state index in [1.165, 1.54) is 5.56 Å². The minimum atomic E-state index is 0.258. The van der Waals surface area contributed by atoms with Gasteiger partial charge in [-0.1, -0.05) is 13.0 Å². The normalized spacial score (nSPS) is 17.8. The van der Waals surface area contributed by atoms with Crippen LogP contribution in [0.4, 0.5) is 0 Å². The maximum atomic E-state index is 11.9. The average Bonchev–Trinajstić information content (AvgIpc) is 2.48. The fourth-order valence-electron chi connectivity index (χ4n) is 3.05. The van der Waals surface area contributed by atoms with Gasteiger partial charge in [-0.25, -0.2) is 0 Å². The summed E-state index contributed by atoms with van der Waals surface area (Å²) in [6.45, 7) is 8.09. The number of amides is 1. The number of pyridine rings is 1. The predicted molar refractivity (Wildman–Crippen MR) is 85.0 cm³/mol. The van der Waals surface area contributed by atoms with E-state index in [4.69, 9.17) is 0 Å². The highest BCUT2D eigenvalue weighted by molar-refractivity contribution is 5.76. The van der Waals surface area contributed by atoms with E-state index in [2.05, 4.69) is 37.1 Å². The van der Waals surface area contributed by atoms with Crippen LogP contribution in [0, 0.1) is 6.92 Å². The zero-order chi connectivity index (χ0) is 15.2. The van der Waals surface area contributed by atoms with Crippen molar-refractivity contribution in [2.75, 3.05) is 13.1 Å². The Kier molecular flexibility index (Phi) is 5.74. The van der Waals surface area contributed by atoms with Gasteiger partial charge in [-0.3, -0.25) is 9.78 Å². The van der Waals surface area contributed by atoms with Crippen molar-refractivity contribution in [1.29, 1.82) is 0 Å².